The van der Waals surface area contributed by atoms with Gasteiger partial charge in [0.05, 0.1) is 13.5 Å². The predicted molar refractivity (Wildman–Crippen MR) is 127 cm³/mol. The van der Waals surface area contributed by atoms with Crippen LogP contribution in [0.1, 0.15) is 53.0 Å². The molecule has 0 aromatic heterocycles. The Hall–Kier alpha value is -3.14. The van der Waals surface area contributed by atoms with Crippen LogP contribution in [0.15, 0.2) is 35.3 Å². The number of hydroxylamine groups is 2. The highest BCUT2D eigenvalue weighted by molar-refractivity contribution is 5.92. The summed E-state index contributed by atoms with van der Waals surface area (Å²) in [5, 5.41) is 13.1. The summed E-state index contributed by atoms with van der Waals surface area (Å²) < 4.78 is 11.2. The first-order chi connectivity index (χ1) is 15.8. The molecule has 0 aliphatic heterocycles. The number of alkyl carbamates (subject to hydrolysis) is 1. The van der Waals surface area contributed by atoms with Crippen molar-refractivity contribution in [1.82, 2.24) is 10.4 Å². The van der Waals surface area contributed by atoms with Crippen LogP contribution >= 0.6 is 0 Å². The van der Waals surface area contributed by atoms with Gasteiger partial charge in [0.1, 0.15) is 24.3 Å². The maximum Gasteiger partial charge on any atom is 0.408 e. The monoisotopic (exact) mass is 479 g/mol. The molecular formula is C24H37N3O7. The molecule has 1 rings (SSSR count). The van der Waals surface area contributed by atoms with Gasteiger partial charge in [-0.15, -0.1) is 0 Å². The van der Waals surface area contributed by atoms with Gasteiger partial charge in [0, 0.05) is 7.05 Å². The predicted octanol–water partition coefficient (Wildman–Crippen LogP) is 3.40. The molecule has 2 N–H and O–H groups in total. The van der Waals surface area contributed by atoms with Gasteiger partial charge in [-0.2, -0.15) is 0 Å². The van der Waals surface area contributed by atoms with E-state index >= 15 is 0 Å². The highest BCUT2D eigenvalue weighted by atomic mass is 16.7. The Labute approximate surface area is 201 Å². The van der Waals surface area contributed by atoms with Gasteiger partial charge in [0.25, 0.3) is 5.91 Å². The Morgan fingerprint density at radius 3 is 2.26 bits per heavy atom. The second-order valence-electron chi connectivity index (χ2n) is 9.20. The Bertz CT molecular complexity index is 835. The molecule has 1 aromatic carbocycles. The summed E-state index contributed by atoms with van der Waals surface area (Å²) in [6.45, 7) is 9.00. The number of nitrogens with zero attached hydrogens (tertiary/aromatic N) is 2. The molecule has 0 radical (unpaired) electrons. The van der Waals surface area contributed by atoms with E-state index in [0.717, 1.165) is 10.6 Å². The molecule has 34 heavy (non-hydrogen) atoms. The molecule has 2 amide bonds. The third kappa shape index (κ3) is 11.1. The van der Waals surface area contributed by atoms with E-state index in [4.69, 9.17) is 14.3 Å². The minimum atomic E-state index is -1.18. The number of carbonyl (C=O) groups is 3. The first kappa shape index (κ1) is 28.9. The Morgan fingerprint density at radius 1 is 1.15 bits per heavy atom. The summed E-state index contributed by atoms with van der Waals surface area (Å²) in [7, 11) is 2.82. The third-order valence-electron chi connectivity index (χ3n) is 4.44. The minimum Gasteiger partial charge on any atom is -0.481 e. The summed E-state index contributed by atoms with van der Waals surface area (Å²) in [6, 6.07) is 7.12. The van der Waals surface area contributed by atoms with Gasteiger partial charge in [-0.05, 0) is 38.7 Å². The van der Waals surface area contributed by atoms with Crippen LogP contribution < -0.4 is 5.32 Å². The Kier molecular flexibility index (Phi) is 11.5. The fraction of sp³-hybridized carbons (Fsp3) is 0.583. The number of carboxylic acid groups (broad SMARTS) is 1. The van der Waals surface area contributed by atoms with Crippen molar-refractivity contribution in [2.75, 3.05) is 14.2 Å². The largest absolute Gasteiger partial charge is 0.481 e. The zero-order chi connectivity index (χ0) is 25.9. The summed E-state index contributed by atoms with van der Waals surface area (Å²) in [4.78, 5) is 46.5. The molecule has 190 valence electrons. The van der Waals surface area contributed by atoms with Crippen molar-refractivity contribution >= 4 is 23.9 Å². The molecule has 2 atom stereocenters. The lowest BCUT2D eigenvalue weighted by Gasteiger charge is -2.26. The normalized spacial score (nSPS) is 13.7. The number of benzene rings is 1. The molecule has 10 heteroatoms. The number of likely N-dealkylation sites (N-methyl/N-ethyl adjacent to an activating group) is 1. The molecule has 0 heterocycles. The summed E-state index contributed by atoms with van der Waals surface area (Å²) in [5.74, 6) is -1.60. The van der Waals surface area contributed by atoms with Crippen LogP contribution in [-0.2, 0) is 30.5 Å². The molecule has 0 saturated carbocycles. The van der Waals surface area contributed by atoms with Crippen LogP contribution in [-0.4, -0.2) is 65.9 Å². The van der Waals surface area contributed by atoms with Gasteiger partial charge in [0.2, 0.25) is 5.90 Å². The second-order valence-corrected chi connectivity index (χ2v) is 9.20. The number of carboxylic acids is 1. The Balaban J connectivity index is 3.38. The van der Waals surface area contributed by atoms with Crippen molar-refractivity contribution in [2.24, 2.45) is 10.9 Å². The van der Waals surface area contributed by atoms with Crippen molar-refractivity contribution < 1.29 is 33.8 Å². The van der Waals surface area contributed by atoms with E-state index in [1.54, 1.807) is 20.8 Å². The van der Waals surface area contributed by atoms with Crippen molar-refractivity contribution in [3.05, 3.63) is 35.9 Å². The first-order valence-electron chi connectivity index (χ1n) is 11.1. The van der Waals surface area contributed by atoms with Gasteiger partial charge in [-0.1, -0.05) is 44.2 Å². The minimum absolute atomic E-state index is 0.0640. The van der Waals surface area contributed by atoms with Crippen LogP contribution in [0.2, 0.25) is 0 Å². The number of nitrogens with one attached hydrogen (secondary N) is 1. The zero-order valence-electron chi connectivity index (χ0n) is 21.0. The fourth-order valence-corrected chi connectivity index (χ4v) is 2.89. The van der Waals surface area contributed by atoms with Gasteiger partial charge in [-0.25, -0.2) is 14.9 Å². The molecule has 0 bridgehead atoms. The van der Waals surface area contributed by atoms with Crippen LogP contribution in [0.4, 0.5) is 4.79 Å². The maximum absolute atomic E-state index is 12.9. The van der Waals surface area contributed by atoms with E-state index in [9.17, 15) is 19.5 Å². The molecule has 0 unspecified atom stereocenters. The van der Waals surface area contributed by atoms with Crippen molar-refractivity contribution in [3.8, 4) is 0 Å². The maximum atomic E-state index is 12.9. The van der Waals surface area contributed by atoms with Crippen molar-refractivity contribution in [2.45, 2.75) is 71.8 Å². The molecule has 0 spiro atoms. The SMILES string of the molecule is CON(C)C(=O)[C@H](CC(C)C)N=C(OCc1ccccc1)[C@@H](CC(=O)O)NC(=O)OC(C)(C)C. The van der Waals surface area contributed by atoms with E-state index in [1.807, 2.05) is 44.2 Å². The number of hydrogen-bond acceptors (Lipinski definition) is 7. The average molecular weight is 480 g/mol. The lowest BCUT2D eigenvalue weighted by Crippen LogP contribution is -2.46. The Morgan fingerprint density at radius 2 is 1.76 bits per heavy atom. The van der Waals surface area contributed by atoms with E-state index < -0.39 is 42.1 Å². The average Bonchev–Trinajstić information content (AvgIpc) is 2.73. The number of rotatable bonds is 11. The molecule has 10 nitrogen and oxygen atoms in total. The van der Waals surface area contributed by atoms with Gasteiger partial charge >= 0.3 is 12.1 Å². The van der Waals surface area contributed by atoms with E-state index in [1.165, 1.54) is 14.2 Å². The first-order valence-corrected chi connectivity index (χ1v) is 11.1. The molecular weight excluding hydrogens is 442 g/mol. The molecule has 0 aliphatic rings. The van der Waals surface area contributed by atoms with Gasteiger partial charge < -0.3 is 19.9 Å². The topological polar surface area (TPSA) is 127 Å². The van der Waals surface area contributed by atoms with E-state index in [0.29, 0.717) is 6.42 Å². The van der Waals surface area contributed by atoms with Crippen LogP contribution in [0.3, 0.4) is 0 Å². The number of hydrogen-bond donors (Lipinski definition) is 2. The van der Waals surface area contributed by atoms with Crippen LogP contribution in [0.5, 0.6) is 0 Å². The number of carbonyl (C=O) groups excluding carboxylic acids is 2. The molecule has 0 aliphatic carbocycles. The highest BCUT2D eigenvalue weighted by Crippen LogP contribution is 2.15. The quantitative estimate of drug-likeness (QED) is 0.283. The third-order valence-corrected chi connectivity index (χ3v) is 4.44. The van der Waals surface area contributed by atoms with Crippen LogP contribution in [0.25, 0.3) is 0 Å². The van der Waals surface area contributed by atoms with Crippen molar-refractivity contribution in [3.63, 3.8) is 0 Å². The zero-order valence-corrected chi connectivity index (χ0v) is 21.0. The lowest BCUT2D eigenvalue weighted by atomic mass is 10.0. The van der Waals surface area contributed by atoms with E-state index in [-0.39, 0.29) is 18.4 Å². The molecule has 1 aromatic rings. The lowest BCUT2D eigenvalue weighted by molar-refractivity contribution is -0.170. The van der Waals surface area contributed by atoms with Crippen LogP contribution in [0, 0.1) is 5.92 Å². The standard InChI is InChI=1S/C24H37N3O7/c1-16(2)13-19(22(30)27(6)32-7)25-21(33-15-17-11-9-8-10-12-17)18(14-20(28)29)26-23(31)34-24(3,4)5/h8-12,16,18-19H,13-15H2,1-7H3,(H,26,31)(H,28,29)/t18-,19+/m1/s1. The van der Waals surface area contributed by atoms with Gasteiger partial charge in [-0.3, -0.25) is 14.4 Å². The summed E-state index contributed by atoms with van der Waals surface area (Å²) in [5.41, 5.74) is 0.0134. The summed E-state index contributed by atoms with van der Waals surface area (Å²) >= 11 is 0. The number of amides is 2. The molecule has 0 saturated heterocycles. The number of aliphatic imine (C=N–C) groups is 1. The van der Waals surface area contributed by atoms with E-state index in [2.05, 4.69) is 10.3 Å². The summed E-state index contributed by atoms with van der Waals surface area (Å²) in [6.07, 6.45) is -0.984. The fourth-order valence-electron chi connectivity index (χ4n) is 2.89. The molecule has 0 fully saturated rings. The highest BCUT2D eigenvalue weighted by Gasteiger charge is 2.30. The number of aliphatic carboxylic acids is 1. The van der Waals surface area contributed by atoms with Gasteiger partial charge in [0.15, 0.2) is 0 Å². The second kappa shape index (κ2) is 13.5. The number of ether oxygens (including phenoxy) is 2. The smallest absolute Gasteiger partial charge is 0.408 e. The van der Waals surface area contributed by atoms with Crippen molar-refractivity contribution in [1.29, 1.82) is 0 Å².